The van der Waals surface area contributed by atoms with Crippen molar-refractivity contribution in [1.29, 1.82) is 5.26 Å². The molecule has 1 fully saturated rings. The molecule has 96 valence electrons. The van der Waals surface area contributed by atoms with E-state index < -0.39 is 5.82 Å². The van der Waals surface area contributed by atoms with Gasteiger partial charge in [0.2, 0.25) is 0 Å². The van der Waals surface area contributed by atoms with Crippen LogP contribution in [0.25, 0.3) is 5.69 Å². The molecule has 3 rings (SSSR count). The van der Waals surface area contributed by atoms with Gasteiger partial charge in [0.05, 0.1) is 0 Å². The quantitative estimate of drug-likeness (QED) is 0.881. The first kappa shape index (κ1) is 11.5. The molecule has 0 bridgehead atoms. The van der Waals surface area contributed by atoms with E-state index >= 15 is 0 Å². The Labute approximate surface area is 109 Å². The fraction of sp³-hybridized carbons (Fsp3) is 0.231. The lowest BCUT2D eigenvalue weighted by Crippen LogP contribution is -2.05. The smallest absolute Gasteiger partial charge is 0.168 e. The summed E-state index contributed by atoms with van der Waals surface area (Å²) in [5.41, 5.74) is 6.38. The van der Waals surface area contributed by atoms with E-state index in [9.17, 15) is 4.39 Å². The van der Waals surface area contributed by atoms with Crippen molar-refractivity contribution in [2.75, 3.05) is 11.1 Å². The van der Waals surface area contributed by atoms with Crippen molar-refractivity contribution < 1.29 is 4.39 Å². The molecule has 0 saturated heterocycles. The minimum absolute atomic E-state index is 0.149. The predicted octanol–water partition coefficient (Wildman–Crippen LogP) is 2.04. The summed E-state index contributed by atoms with van der Waals surface area (Å²) >= 11 is 0. The average molecular weight is 257 g/mol. The van der Waals surface area contributed by atoms with Crippen molar-refractivity contribution >= 4 is 11.6 Å². The maximum absolute atomic E-state index is 13.8. The van der Waals surface area contributed by atoms with E-state index in [0.29, 0.717) is 11.9 Å². The van der Waals surface area contributed by atoms with E-state index in [1.54, 1.807) is 18.2 Å². The number of nitrogens with zero attached hydrogens (tertiary/aromatic N) is 3. The van der Waals surface area contributed by atoms with Gasteiger partial charge >= 0.3 is 0 Å². The Balaban J connectivity index is 2.09. The zero-order valence-corrected chi connectivity index (χ0v) is 10.1. The Morgan fingerprint density at radius 1 is 1.42 bits per heavy atom. The summed E-state index contributed by atoms with van der Waals surface area (Å²) in [5, 5.41) is 16.5. The van der Waals surface area contributed by atoms with Gasteiger partial charge in [-0.1, -0.05) is 12.1 Å². The maximum Gasteiger partial charge on any atom is 0.168 e. The molecular weight excluding hydrogens is 245 g/mol. The van der Waals surface area contributed by atoms with Crippen LogP contribution in [0, 0.1) is 17.1 Å². The van der Waals surface area contributed by atoms with Gasteiger partial charge in [-0.2, -0.15) is 5.26 Å². The number of rotatable bonds is 3. The van der Waals surface area contributed by atoms with Gasteiger partial charge in [-0.3, -0.25) is 0 Å². The lowest BCUT2D eigenvalue weighted by molar-refractivity contribution is 0.612. The van der Waals surface area contributed by atoms with E-state index in [1.807, 2.05) is 6.07 Å². The molecule has 3 N–H and O–H groups in total. The standard InChI is InChI=1S/C13H12FN5/c14-10-3-1-2-4-11(10)19-12(16)9(7-15)13(18-19)17-8-5-6-8/h1-4,8H,5-6,16H2,(H,17,18). The van der Waals surface area contributed by atoms with Crippen molar-refractivity contribution in [2.24, 2.45) is 0 Å². The fourth-order valence-corrected chi connectivity index (χ4v) is 1.87. The van der Waals surface area contributed by atoms with Crippen LogP contribution in [0.5, 0.6) is 0 Å². The van der Waals surface area contributed by atoms with Crippen molar-refractivity contribution in [3.63, 3.8) is 0 Å². The highest BCUT2D eigenvalue weighted by Crippen LogP contribution is 2.30. The number of para-hydroxylation sites is 1. The van der Waals surface area contributed by atoms with Crippen molar-refractivity contribution in [3.8, 4) is 11.8 Å². The highest BCUT2D eigenvalue weighted by atomic mass is 19.1. The monoisotopic (exact) mass is 257 g/mol. The normalized spacial score (nSPS) is 14.1. The Morgan fingerprint density at radius 2 is 2.16 bits per heavy atom. The van der Waals surface area contributed by atoms with Crippen molar-refractivity contribution in [2.45, 2.75) is 18.9 Å². The first-order valence-electron chi connectivity index (χ1n) is 6.00. The number of hydrogen-bond donors (Lipinski definition) is 2. The third-order valence-corrected chi connectivity index (χ3v) is 3.03. The Kier molecular flexibility index (Phi) is 2.60. The number of nitrogens with one attached hydrogen (secondary N) is 1. The van der Waals surface area contributed by atoms with E-state index in [1.165, 1.54) is 10.7 Å². The molecule has 1 heterocycles. The van der Waals surface area contributed by atoms with Crippen LogP contribution >= 0.6 is 0 Å². The molecule has 0 amide bonds. The molecule has 0 atom stereocenters. The summed E-state index contributed by atoms with van der Waals surface area (Å²) in [6.07, 6.45) is 2.11. The summed E-state index contributed by atoms with van der Waals surface area (Å²) in [6.45, 7) is 0. The van der Waals surface area contributed by atoms with Gasteiger partial charge < -0.3 is 11.1 Å². The fourth-order valence-electron chi connectivity index (χ4n) is 1.87. The number of anilines is 2. The average Bonchev–Trinajstić information content (AvgIpc) is 3.15. The van der Waals surface area contributed by atoms with Crippen molar-refractivity contribution in [1.82, 2.24) is 9.78 Å². The number of aromatic nitrogens is 2. The SMILES string of the molecule is N#Cc1c(NC2CC2)nn(-c2ccccc2F)c1N. The highest BCUT2D eigenvalue weighted by Gasteiger charge is 2.26. The molecule has 0 spiro atoms. The molecular formula is C13H12FN5. The Bertz CT molecular complexity index is 666. The molecule has 1 aliphatic rings. The van der Waals surface area contributed by atoms with Crippen LogP contribution in [0.15, 0.2) is 24.3 Å². The van der Waals surface area contributed by atoms with Gasteiger partial charge in [0, 0.05) is 6.04 Å². The minimum Gasteiger partial charge on any atom is -0.382 e. The molecule has 0 aliphatic heterocycles. The number of nitriles is 1. The van der Waals surface area contributed by atoms with E-state index in [4.69, 9.17) is 11.0 Å². The van der Waals surface area contributed by atoms with Crippen LogP contribution in [-0.2, 0) is 0 Å². The Morgan fingerprint density at radius 3 is 2.79 bits per heavy atom. The van der Waals surface area contributed by atoms with Crippen LogP contribution in [0.3, 0.4) is 0 Å². The second-order valence-electron chi connectivity index (χ2n) is 4.50. The molecule has 5 nitrogen and oxygen atoms in total. The third-order valence-electron chi connectivity index (χ3n) is 3.03. The lowest BCUT2D eigenvalue weighted by Gasteiger charge is -2.04. The second kappa shape index (κ2) is 4.28. The van der Waals surface area contributed by atoms with Gasteiger partial charge in [-0.25, -0.2) is 9.07 Å². The van der Waals surface area contributed by atoms with Crippen LogP contribution in [0.4, 0.5) is 16.0 Å². The Hall–Kier alpha value is -2.55. The zero-order chi connectivity index (χ0) is 13.4. The molecule has 0 radical (unpaired) electrons. The zero-order valence-electron chi connectivity index (χ0n) is 10.1. The molecule has 0 unspecified atom stereocenters. The van der Waals surface area contributed by atoms with E-state index in [2.05, 4.69) is 10.4 Å². The number of halogens is 1. The summed E-state index contributed by atoms with van der Waals surface area (Å²) in [4.78, 5) is 0. The van der Waals surface area contributed by atoms with Gasteiger partial charge in [0.15, 0.2) is 5.82 Å². The van der Waals surface area contributed by atoms with Crippen LogP contribution < -0.4 is 11.1 Å². The largest absolute Gasteiger partial charge is 0.382 e. The first-order chi connectivity index (χ1) is 9.20. The molecule has 1 aliphatic carbocycles. The van der Waals surface area contributed by atoms with Crippen LogP contribution in [0.2, 0.25) is 0 Å². The predicted molar refractivity (Wildman–Crippen MR) is 69.3 cm³/mol. The molecule has 2 aromatic rings. The second-order valence-corrected chi connectivity index (χ2v) is 4.50. The highest BCUT2D eigenvalue weighted by molar-refractivity contribution is 5.66. The van der Waals surface area contributed by atoms with Gasteiger partial charge in [0.25, 0.3) is 0 Å². The summed E-state index contributed by atoms with van der Waals surface area (Å²) < 4.78 is 15.0. The number of nitrogens with two attached hydrogens (primary N) is 1. The minimum atomic E-state index is -0.431. The maximum atomic E-state index is 13.8. The van der Waals surface area contributed by atoms with E-state index in [-0.39, 0.29) is 17.1 Å². The summed E-state index contributed by atoms with van der Waals surface area (Å²) in [5.74, 6) is 0.140. The van der Waals surface area contributed by atoms with E-state index in [0.717, 1.165) is 12.8 Å². The molecule has 1 aromatic carbocycles. The first-order valence-corrected chi connectivity index (χ1v) is 6.00. The summed E-state index contributed by atoms with van der Waals surface area (Å²) in [6, 6.07) is 8.54. The lowest BCUT2D eigenvalue weighted by atomic mass is 10.3. The van der Waals surface area contributed by atoms with Gasteiger partial charge in [-0.15, -0.1) is 5.10 Å². The number of nitrogen functional groups attached to an aromatic ring is 1. The van der Waals surface area contributed by atoms with Crippen molar-refractivity contribution in [3.05, 3.63) is 35.6 Å². The third kappa shape index (κ3) is 1.99. The number of hydrogen-bond acceptors (Lipinski definition) is 4. The van der Waals surface area contributed by atoms with Gasteiger partial charge in [-0.05, 0) is 25.0 Å². The van der Waals surface area contributed by atoms with Crippen LogP contribution in [-0.4, -0.2) is 15.8 Å². The number of benzene rings is 1. The van der Waals surface area contributed by atoms with Gasteiger partial charge in [0.1, 0.15) is 29.0 Å². The summed E-state index contributed by atoms with van der Waals surface area (Å²) in [7, 11) is 0. The van der Waals surface area contributed by atoms with Crippen LogP contribution in [0.1, 0.15) is 18.4 Å². The molecule has 6 heteroatoms. The molecule has 1 aromatic heterocycles. The topological polar surface area (TPSA) is 79.7 Å². The molecule has 1 saturated carbocycles. The molecule has 19 heavy (non-hydrogen) atoms.